The summed E-state index contributed by atoms with van der Waals surface area (Å²) in [5, 5.41) is 11.7. The van der Waals surface area contributed by atoms with E-state index in [0.29, 0.717) is 25.9 Å². The van der Waals surface area contributed by atoms with E-state index in [2.05, 4.69) is 5.32 Å². The molecule has 0 aromatic carbocycles. The van der Waals surface area contributed by atoms with Gasteiger partial charge in [-0.1, -0.05) is 13.8 Å². The Labute approximate surface area is 109 Å². The third-order valence-electron chi connectivity index (χ3n) is 3.33. The summed E-state index contributed by atoms with van der Waals surface area (Å²) in [6, 6.07) is -0.201. The fourth-order valence-corrected chi connectivity index (χ4v) is 2.13. The zero-order valence-electron chi connectivity index (χ0n) is 11.5. The van der Waals surface area contributed by atoms with E-state index < -0.39 is 0 Å². The number of hydrogen-bond acceptors (Lipinski definition) is 3. The van der Waals surface area contributed by atoms with Gasteiger partial charge in [0, 0.05) is 31.0 Å². The topological polar surface area (TPSA) is 69.6 Å². The first-order valence-corrected chi connectivity index (χ1v) is 6.65. The number of rotatable bonds is 4. The zero-order chi connectivity index (χ0) is 13.7. The zero-order valence-corrected chi connectivity index (χ0v) is 11.5. The van der Waals surface area contributed by atoms with Crippen molar-refractivity contribution in [2.24, 2.45) is 11.8 Å². The van der Waals surface area contributed by atoms with E-state index in [0.717, 1.165) is 0 Å². The van der Waals surface area contributed by atoms with Crippen molar-refractivity contribution < 1.29 is 14.7 Å². The van der Waals surface area contributed by atoms with Gasteiger partial charge in [0.1, 0.15) is 0 Å². The fraction of sp³-hybridized carbons (Fsp3) is 0.846. The number of aliphatic hydroxyl groups is 1. The summed E-state index contributed by atoms with van der Waals surface area (Å²) in [4.78, 5) is 25.5. The molecule has 1 atom stereocenters. The Morgan fingerprint density at radius 1 is 1.28 bits per heavy atom. The van der Waals surface area contributed by atoms with Crippen LogP contribution in [0, 0.1) is 11.8 Å². The summed E-state index contributed by atoms with van der Waals surface area (Å²) in [6.07, 6.45) is 1.42. The lowest BCUT2D eigenvalue weighted by Crippen LogP contribution is -2.46. The molecule has 1 saturated heterocycles. The Bertz CT molecular complexity index is 297. The number of nitrogens with zero attached hydrogens (tertiary/aromatic N) is 1. The Kier molecular flexibility index (Phi) is 5.59. The Morgan fingerprint density at radius 2 is 1.83 bits per heavy atom. The van der Waals surface area contributed by atoms with Crippen molar-refractivity contribution in [3.05, 3.63) is 0 Å². The van der Waals surface area contributed by atoms with Crippen molar-refractivity contribution in [1.29, 1.82) is 0 Å². The molecule has 5 nitrogen and oxygen atoms in total. The molecule has 0 bridgehead atoms. The SMILES string of the molecule is CC(C)C(=O)N1CCC(C(=O)N[C@H](C)CO)CC1. The maximum absolute atomic E-state index is 11.9. The predicted octanol–water partition coefficient (Wildman–Crippen LogP) is 0.378. The molecule has 0 saturated carbocycles. The van der Waals surface area contributed by atoms with Gasteiger partial charge in [-0.25, -0.2) is 0 Å². The van der Waals surface area contributed by atoms with Gasteiger partial charge < -0.3 is 15.3 Å². The van der Waals surface area contributed by atoms with Gasteiger partial charge in [-0.15, -0.1) is 0 Å². The lowest BCUT2D eigenvalue weighted by Gasteiger charge is -2.32. The van der Waals surface area contributed by atoms with Crippen molar-refractivity contribution in [1.82, 2.24) is 10.2 Å². The van der Waals surface area contributed by atoms with Crippen LogP contribution in [-0.2, 0) is 9.59 Å². The summed E-state index contributed by atoms with van der Waals surface area (Å²) in [5.41, 5.74) is 0. The van der Waals surface area contributed by atoms with Gasteiger partial charge in [0.15, 0.2) is 0 Å². The van der Waals surface area contributed by atoms with E-state index in [-0.39, 0.29) is 36.3 Å². The summed E-state index contributed by atoms with van der Waals surface area (Å²) >= 11 is 0. The van der Waals surface area contributed by atoms with Crippen LogP contribution in [0.15, 0.2) is 0 Å². The molecular weight excluding hydrogens is 232 g/mol. The van der Waals surface area contributed by atoms with Crippen LogP contribution in [-0.4, -0.2) is 47.6 Å². The second kappa shape index (κ2) is 6.73. The normalized spacial score (nSPS) is 18.8. The highest BCUT2D eigenvalue weighted by molar-refractivity contribution is 5.80. The van der Waals surface area contributed by atoms with E-state index in [1.807, 2.05) is 18.7 Å². The molecule has 5 heteroatoms. The molecule has 1 rings (SSSR count). The molecule has 1 heterocycles. The standard InChI is InChI=1S/C13H24N2O3/c1-9(2)13(18)15-6-4-11(5-7-15)12(17)14-10(3)8-16/h9-11,16H,4-8H2,1-3H3,(H,14,17)/t10-/m1/s1. The molecule has 0 radical (unpaired) electrons. The van der Waals surface area contributed by atoms with Crippen molar-refractivity contribution in [3.63, 3.8) is 0 Å². The number of likely N-dealkylation sites (tertiary alicyclic amines) is 1. The number of amides is 2. The van der Waals surface area contributed by atoms with Crippen LogP contribution in [0.5, 0.6) is 0 Å². The van der Waals surface area contributed by atoms with Crippen LogP contribution >= 0.6 is 0 Å². The van der Waals surface area contributed by atoms with Crippen LogP contribution in [0.3, 0.4) is 0 Å². The lowest BCUT2D eigenvalue weighted by atomic mass is 9.95. The summed E-state index contributed by atoms with van der Waals surface area (Å²) in [7, 11) is 0. The molecular formula is C13H24N2O3. The smallest absolute Gasteiger partial charge is 0.225 e. The molecule has 2 N–H and O–H groups in total. The molecule has 2 amide bonds. The summed E-state index contributed by atoms with van der Waals surface area (Å²) in [5.74, 6) is 0.144. The van der Waals surface area contributed by atoms with E-state index >= 15 is 0 Å². The molecule has 1 aliphatic heterocycles. The Morgan fingerprint density at radius 3 is 2.28 bits per heavy atom. The molecule has 0 unspecified atom stereocenters. The van der Waals surface area contributed by atoms with Gasteiger partial charge in [0.25, 0.3) is 0 Å². The summed E-state index contributed by atoms with van der Waals surface area (Å²) in [6.45, 7) is 6.82. The molecule has 1 fully saturated rings. The minimum absolute atomic E-state index is 0.00630. The number of hydrogen-bond donors (Lipinski definition) is 2. The number of aliphatic hydroxyl groups excluding tert-OH is 1. The van der Waals surface area contributed by atoms with Gasteiger partial charge in [0.2, 0.25) is 11.8 Å². The molecule has 1 aliphatic rings. The average Bonchev–Trinajstić information content (AvgIpc) is 2.37. The monoisotopic (exact) mass is 256 g/mol. The minimum Gasteiger partial charge on any atom is -0.394 e. The van der Waals surface area contributed by atoms with Crippen LogP contribution in [0.2, 0.25) is 0 Å². The van der Waals surface area contributed by atoms with Gasteiger partial charge in [-0.2, -0.15) is 0 Å². The quantitative estimate of drug-likeness (QED) is 0.764. The van der Waals surface area contributed by atoms with Gasteiger partial charge in [0.05, 0.1) is 6.61 Å². The Hall–Kier alpha value is -1.10. The largest absolute Gasteiger partial charge is 0.394 e. The molecule has 18 heavy (non-hydrogen) atoms. The molecule has 0 aliphatic carbocycles. The van der Waals surface area contributed by atoms with E-state index in [1.54, 1.807) is 6.92 Å². The first kappa shape index (κ1) is 15.0. The predicted molar refractivity (Wildman–Crippen MR) is 68.8 cm³/mol. The minimum atomic E-state index is -0.201. The average molecular weight is 256 g/mol. The Balaban J connectivity index is 2.39. The lowest BCUT2D eigenvalue weighted by molar-refractivity contribution is -0.138. The van der Waals surface area contributed by atoms with Crippen LogP contribution in [0.1, 0.15) is 33.6 Å². The molecule has 104 valence electrons. The number of nitrogens with one attached hydrogen (secondary N) is 1. The van der Waals surface area contributed by atoms with Gasteiger partial charge in [-0.05, 0) is 19.8 Å². The van der Waals surface area contributed by atoms with Crippen molar-refractivity contribution in [2.75, 3.05) is 19.7 Å². The van der Waals surface area contributed by atoms with Gasteiger partial charge >= 0.3 is 0 Å². The number of carbonyl (C=O) groups is 2. The molecule has 0 aromatic heterocycles. The third kappa shape index (κ3) is 3.98. The second-order valence-corrected chi connectivity index (χ2v) is 5.35. The first-order valence-electron chi connectivity index (χ1n) is 6.65. The number of carbonyl (C=O) groups excluding carboxylic acids is 2. The third-order valence-corrected chi connectivity index (χ3v) is 3.33. The van der Waals surface area contributed by atoms with Crippen LogP contribution in [0.25, 0.3) is 0 Å². The van der Waals surface area contributed by atoms with Crippen molar-refractivity contribution in [2.45, 2.75) is 39.7 Å². The first-order chi connectivity index (χ1) is 8.45. The van der Waals surface area contributed by atoms with E-state index in [1.165, 1.54) is 0 Å². The molecule has 0 spiro atoms. The number of piperidine rings is 1. The maximum atomic E-state index is 11.9. The van der Waals surface area contributed by atoms with Crippen LogP contribution < -0.4 is 5.32 Å². The van der Waals surface area contributed by atoms with E-state index in [9.17, 15) is 9.59 Å². The second-order valence-electron chi connectivity index (χ2n) is 5.35. The van der Waals surface area contributed by atoms with Crippen molar-refractivity contribution in [3.8, 4) is 0 Å². The van der Waals surface area contributed by atoms with Gasteiger partial charge in [-0.3, -0.25) is 9.59 Å². The highest BCUT2D eigenvalue weighted by atomic mass is 16.3. The van der Waals surface area contributed by atoms with Crippen molar-refractivity contribution >= 4 is 11.8 Å². The van der Waals surface area contributed by atoms with E-state index in [4.69, 9.17) is 5.11 Å². The maximum Gasteiger partial charge on any atom is 0.225 e. The summed E-state index contributed by atoms with van der Waals surface area (Å²) < 4.78 is 0. The highest BCUT2D eigenvalue weighted by Crippen LogP contribution is 2.19. The molecule has 0 aromatic rings. The highest BCUT2D eigenvalue weighted by Gasteiger charge is 2.28. The van der Waals surface area contributed by atoms with Crippen LogP contribution in [0.4, 0.5) is 0 Å². The fourth-order valence-electron chi connectivity index (χ4n) is 2.13.